The number of morpholine rings is 1. The molecule has 0 spiro atoms. The van der Waals surface area contributed by atoms with Gasteiger partial charge in [0.15, 0.2) is 5.76 Å². The zero-order chi connectivity index (χ0) is 18.1. The van der Waals surface area contributed by atoms with Crippen molar-refractivity contribution in [1.29, 1.82) is 0 Å². The van der Waals surface area contributed by atoms with E-state index in [1.807, 2.05) is 38.1 Å². The van der Waals surface area contributed by atoms with E-state index < -0.39 is 0 Å². The summed E-state index contributed by atoms with van der Waals surface area (Å²) in [7, 11) is 0. The third kappa shape index (κ3) is 3.13. The van der Waals surface area contributed by atoms with Crippen molar-refractivity contribution in [3.8, 4) is 0 Å². The molecule has 1 saturated heterocycles. The lowest BCUT2D eigenvalue weighted by atomic mass is 10.2. The first kappa shape index (κ1) is 16.5. The summed E-state index contributed by atoms with van der Waals surface area (Å²) in [4.78, 5) is 23.8. The molecule has 0 atom stereocenters. The van der Waals surface area contributed by atoms with Gasteiger partial charge in [0.2, 0.25) is 5.95 Å². The van der Waals surface area contributed by atoms with Crippen LogP contribution < -0.4 is 10.2 Å². The summed E-state index contributed by atoms with van der Waals surface area (Å²) in [5.41, 5.74) is 2.75. The molecule has 0 radical (unpaired) electrons. The van der Waals surface area contributed by atoms with Crippen molar-refractivity contribution < 1.29 is 13.9 Å². The second-order valence-electron chi connectivity index (χ2n) is 6.27. The molecule has 0 saturated carbocycles. The van der Waals surface area contributed by atoms with Crippen LogP contribution in [0.25, 0.3) is 11.0 Å². The van der Waals surface area contributed by atoms with E-state index >= 15 is 0 Å². The normalized spacial score (nSPS) is 14.6. The van der Waals surface area contributed by atoms with Gasteiger partial charge in [-0.05, 0) is 26.0 Å². The van der Waals surface area contributed by atoms with Crippen LogP contribution in [0.3, 0.4) is 0 Å². The fourth-order valence-electron chi connectivity index (χ4n) is 3.05. The maximum atomic E-state index is 12.6. The number of anilines is 2. The summed E-state index contributed by atoms with van der Waals surface area (Å²) >= 11 is 0. The van der Waals surface area contributed by atoms with Crippen LogP contribution in [0, 0.1) is 13.8 Å². The van der Waals surface area contributed by atoms with Crippen LogP contribution in [0.1, 0.15) is 21.9 Å². The van der Waals surface area contributed by atoms with E-state index in [9.17, 15) is 4.79 Å². The van der Waals surface area contributed by atoms with Gasteiger partial charge >= 0.3 is 0 Å². The molecule has 1 amide bonds. The Morgan fingerprint density at radius 2 is 1.81 bits per heavy atom. The number of amides is 1. The molecule has 26 heavy (non-hydrogen) atoms. The van der Waals surface area contributed by atoms with Crippen molar-refractivity contribution in [2.45, 2.75) is 13.8 Å². The Kier molecular flexibility index (Phi) is 4.30. The van der Waals surface area contributed by atoms with Crippen molar-refractivity contribution >= 4 is 28.5 Å². The number of carbonyl (C=O) groups is 1. The van der Waals surface area contributed by atoms with Crippen LogP contribution in [-0.4, -0.2) is 42.2 Å². The predicted octanol–water partition coefficient (Wildman–Crippen LogP) is 2.93. The molecule has 2 aromatic heterocycles. The Labute approximate surface area is 151 Å². The van der Waals surface area contributed by atoms with Crippen LogP contribution in [0.5, 0.6) is 0 Å². The van der Waals surface area contributed by atoms with Crippen LogP contribution in [0.15, 0.2) is 34.7 Å². The lowest BCUT2D eigenvalue weighted by Gasteiger charge is -2.27. The molecule has 134 valence electrons. The minimum absolute atomic E-state index is 0.266. The first-order valence-corrected chi connectivity index (χ1v) is 8.59. The van der Waals surface area contributed by atoms with E-state index in [0.717, 1.165) is 29.9 Å². The molecule has 0 aliphatic carbocycles. The molecule has 1 aliphatic rings. The molecule has 7 heteroatoms. The maximum Gasteiger partial charge on any atom is 0.291 e. The average molecular weight is 352 g/mol. The fourth-order valence-corrected chi connectivity index (χ4v) is 3.05. The molecular formula is C19H20N4O3. The predicted molar refractivity (Wildman–Crippen MR) is 98.7 cm³/mol. The van der Waals surface area contributed by atoms with Crippen molar-refractivity contribution in [3.05, 3.63) is 47.5 Å². The van der Waals surface area contributed by atoms with Gasteiger partial charge in [0.25, 0.3) is 5.91 Å². The smallest absolute Gasteiger partial charge is 0.291 e. The van der Waals surface area contributed by atoms with E-state index in [4.69, 9.17) is 9.15 Å². The molecule has 1 aromatic carbocycles. The van der Waals surface area contributed by atoms with Crippen LogP contribution >= 0.6 is 0 Å². The molecule has 3 aromatic rings. The maximum absolute atomic E-state index is 12.6. The minimum atomic E-state index is -0.310. The largest absolute Gasteiger partial charge is 0.451 e. The molecule has 7 nitrogen and oxygen atoms in total. The van der Waals surface area contributed by atoms with Crippen molar-refractivity contribution in [2.24, 2.45) is 0 Å². The van der Waals surface area contributed by atoms with Gasteiger partial charge in [0, 0.05) is 18.5 Å². The van der Waals surface area contributed by atoms with Crippen molar-refractivity contribution in [2.75, 3.05) is 36.5 Å². The number of furan rings is 1. The molecule has 0 unspecified atom stereocenters. The molecule has 0 bridgehead atoms. The van der Waals surface area contributed by atoms with Crippen molar-refractivity contribution in [3.63, 3.8) is 0 Å². The summed E-state index contributed by atoms with van der Waals surface area (Å²) in [6, 6.07) is 9.26. The Morgan fingerprint density at radius 1 is 1.12 bits per heavy atom. The van der Waals surface area contributed by atoms with Gasteiger partial charge < -0.3 is 19.4 Å². The molecule has 1 N–H and O–H groups in total. The van der Waals surface area contributed by atoms with Gasteiger partial charge in [-0.2, -0.15) is 0 Å². The topological polar surface area (TPSA) is 80.5 Å². The highest BCUT2D eigenvalue weighted by molar-refractivity contribution is 6.05. The number of hydrogen-bond donors (Lipinski definition) is 1. The number of carbonyl (C=O) groups excluding carboxylic acids is 1. The highest BCUT2D eigenvalue weighted by atomic mass is 16.5. The number of ether oxygens (including phenoxy) is 1. The number of benzene rings is 1. The number of hydrogen-bond acceptors (Lipinski definition) is 6. The van der Waals surface area contributed by atoms with Crippen LogP contribution in [0.4, 0.5) is 11.6 Å². The van der Waals surface area contributed by atoms with E-state index in [2.05, 4.69) is 20.2 Å². The summed E-state index contributed by atoms with van der Waals surface area (Å²) in [6.45, 7) is 6.62. The fraction of sp³-hybridized carbons (Fsp3) is 0.316. The SMILES string of the molecule is Cc1nc(N2CCOCC2)nc(C)c1NC(=O)c1cc2ccccc2o1. The van der Waals surface area contributed by atoms with Crippen molar-refractivity contribution in [1.82, 2.24) is 9.97 Å². The third-order valence-corrected chi connectivity index (χ3v) is 4.44. The van der Waals surface area contributed by atoms with Gasteiger partial charge in [-0.25, -0.2) is 9.97 Å². The number of nitrogens with one attached hydrogen (secondary N) is 1. The number of fused-ring (bicyclic) bond motifs is 1. The molecule has 3 heterocycles. The number of nitrogens with zero attached hydrogens (tertiary/aromatic N) is 3. The highest BCUT2D eigenvalue weighted by Crippen LogP contribution is 2.24. The molecule has 4 rings (SSSR count). The number of aromatic nitrogens is 2. The third-order valence-electron chi connectivity index (χ3n) is 4.44. The first-order valence-electron chi connectivity index (χ1n) is 8.59. The zero-order valence-corrected chi connectivity index (χ0v) is 14.8. The van der Waals surface area contributed by atoms with Gasteiger partial charge in [-0.1, -0.05) is 18.2 Å². The number of rotatable bonds is 3. The highest BCUT2D eigenvalue weighted by Gasteiger charge is 2.19. The Balaban J connectivity index is 1.58. The molecule has 1 aliphatic heterocycles. The minimum Gasteiger partial charge on any atom is -0.451 e. The second-order valence-corrected chi connectivity index (χ2v) is 6.27. The summed E-state index contributed by atoms with van der Waals surface area (Å²) in [6.07, 6.45) is 0. The van der Waals surface area contributed by atoms with E-state index in [1.54, 1.807) is 6.07 Å². The van der Waals surface area contributed by atoms with Gasteiger partial charge in [0.1, 0.15) is 5.58 Å². The number of aryl methyl sites for hydroxylation is 2. The standard InChI is InChI=1S/C19H20N4O3/c1-12-17(13(2)21-19(20-12)23-7-9-25-10-8-23)22-18(24)16-11-14-5-3-4-6-15(14)26-16/h3-6,11H,7-10H2,1-2H3,(H,22,24). The van der Waals surface area contributed by atoms with Crippen LogP contribution in [0.2, 0.25) is 0 Å². The molecule has 1 fully saturated rings. The summed E-state index contributed by atoms with van der Waals surface area (Å²) in [5.74, 6) is 0.627. The second kappa shape index (κ2) is 6.76. The summed E-state index contributed by atoms with van der Waals surface area (Å²) < 4.78 is 11.0. The Hall–Kier alpha value is -2.93. The van der Waals surface area contributed by atoms with E-state index in [1.165, 1.54) is 0 Å². The lowest BCUT2D eigenvalue weighted by molar-refractivity contribution is 0.0998. The monoisotopic (exact) mass is 352 g/mol. The lowest BCUT2D eigenvalue weighted by Crippen LogP contribution is -2.37. The zero-order valence-electron chi connectivity index (χ0n) is 14.8. The first-order chi connectivity index (χ1) is 12.6. The van der Waals surface area contributed by atoms with Gasteiger partial charge in [0.05, 0.1) is 30.3 Å². The van der Waals surface area contributed by atoms with E-state index in [0.29, 0.717) is 30.4 Å². The quantitative estimate of drug-likeness (QED) is 0.781. The number of para-hydroxylation sites is 1. The van der Waals surface area contributed by atoms with Gasteiger partial charge in [-0.15, -0.1) is 0 Å². The molecular weight excluding hydrogens is 332 g/mol. The van der Waals surface area contributed by atoms with Gasteiger partial charge in [-0.3, -0.25) is 4.79 Å². The van der Waals surface area contributed by atoms with E-state index in [-0.39, 0.29) is 11.7 Å². The Morgan fingerprint density at radius 3 is 2.50 bits per heavy atom. The van der Waals surface area contributed by atoms with Crippen LogP contribution in [-0.2, 0) is 4.74 Å². The summed E-state index contributed by atoms with van der Waals surface area (Å²) in [5, 5.41) is 3.78. The Bertz CT molecular complexity index is 904. The average Bonchev–Trinajstić information content (AvgIpc) is 3.09.